The number of carbonyl (C=O) groups is 1. The number of ether oxygens (including phenoxy) is 1. The molecule has 2 unspecified atom stereocenters. The third kappa shape index (κ3) is 7.14. The average molecular weight is 300 g/mol. The van der Waals surface area contributed by atoms with Gasteiger partial charge in [-0.05, 0) is 24.2 Å². The van der Waals surface area contributed by atoms with Crippen LogP contribution < -0.4 is 10.6 Å². The predicted molar refractivity (Wildman–Crippen MR) is 84.2 cm³/mol. The summed E-state index contributed by atoms with van der Waals surface area (Å²) in [6.07, 6.45) is 3.91. The highest BCUT2D eigenvalue weighted by molar-refractivity contribution is 5.74. The second-order valence-electron chi connectivity index (χ2n) is 7.23. The second-order valence-corrected chi connectivity index (χ2v) is 7.23. The zero-order valence-corrected chi connectivity index (χ0v) is 13.9. The van der Waals surface area contributed by atoms with Gasteiger partial charge in [-0.1, -0.05) is 40.5 Å². The minimum absolute atomic E-state index is 0.147. The van der Waals surface area contributed by atoms with Crippen LogP contribution in [0, 0.1) is 11.3 Å². The van der Waals surface area contributed by atoms with E-state index in [1.54, 1.807) is 0 Å². The number of hydrogen-bond acceptors (Lipinski definition) is 3. The van der Waals surface area contributed by atoms with Crippen molar-refractivity contribution in [2.75, 3.05) is 19.8 Å². The first-order chi connectivity index (χ1) is 9.81. The molecule has 0 spiro atoms. The molecule has 0 radical (unpaired) electrons. The Morgan fingerprint density at radius 2 is 2.05 bits per heavy atom. The summed E-state index contributed by atoms with van der Waals surface area (Å²) in [6, 6.07) is 0.0125. The lowest BCUT2D eigenvalue weighted by atomic mass is 9.73. The van der Waals surface area contributed by atoms with E-state index in [0.29, 0.717) is 12.5 Å². The van der Waals surface area contributed by atoms with Gasteiger partial charge in [-0.3, -0.25) is 0 Å². The molecule has 124 valence electrons. The van der Waals surface area contributed by atoms with Crippen molar-refractivity contribution >= 4 is 6.03 Å². The molecule has 1 saturated carbocycles. The maximum Gasteiger partial charge on any atom is 0.315 e. The van der Waals surface area contributed by atoms with Gasteiger partial charge in [0.05, 0.1) is 12.7 Å². The van der Waals surface area contributed by atoms with Gasteiger partial charge in [0.15, 0.2) is 0 Å². The van der Waals surface area contributed by atoms with Gasteiger partial charge in [0.25, 0.3) is 0 Å². The Bertz CT molecular complexity index is 319. The van der Waals surface area contributed by atoms with E-state index in [0.717, 1.165) is 12.8 Å². The minimum atomic E-state index is -0.658. The molecule has 0 aromatic rings. The van der Waals surface area contributed by atoms with E-state index in [-0.39, 0.29) is 30.6 Å². The Kier molecular flexibility index (Phi) is 7.46. The van der Waals surface area contributed by atoms with Crippen molar-refractivity contribution in [2.24, 2.45) is 11.3 Å². The highest BCUT2D eigenvalue weighted by Gasteiger charge is 2.33. The number of carbonyl (C=O) groups excluding carboxylic acids is 1. The van der Waals surface area contributed by atoms with Crippen molar-refractivity contribution in [3.05, 3.63) is 0 Å². The summed E-state index contributed by atoms with van der Waals surface area (Å²) in [5, 5.41) is 15.5. The van der Waals surface area contributed by atoms with E-state index in [1.807, 2.05) is 0 Å². The van der Waals surface area contributed by atoms with Crippen LogP contribution in [0.2, 0.25) is 0 Å². The highest BCUT2D eigenvalue weighted by atomic mass is 16.5. The van der Waals surface area contributed by atoms with Crippen molar-refractivity contribution in [2.45, 2.75) is 65.5 Å². The van der Waals surface area contributed by atoms with Crippen molar-refractivity contribution in [3.63, 3.8) is 0 Å². The Hall–Kier alpha value is -0.810. The second kappa shape index (κ2) is 8.59. The number of urea groups is 1. The largest absolute Gasteiger partial charge is 0.389 e. The maximum atomic E-state index is 11.9. The molecule has 0 aromatic heterocycles. The van der Waals surface area contributed by atoms with Gasteiger partial charge in [0.2, 0.25) is 0 Å². The summed E-state index contributed by atoms with van der Waals surface area (Å²) in [5.41, 5.74) is 0.147. The van der Waals surface area contributed by atoms with Crippen LogP contribution in [0.4, 0.5) is 4.79 Å². The molecule has 0 bridgehead atoms. The third-order valence-electron chi connectivity index (χ3n) is 4.07. The topological polar surface area (TPSA) is 70.6 Å². The standard InChI is InChI=1S/C16H32N2O3/c1-12(2)10-21-11-13(19)9-17-15(20)18-14-7-5-6-8-16(14,3)4/h12-14,19H,5-11H2,1-4H3,(H2,17,18,20). The van der Waals surface area contributed by atoms with Crippen LogP contribution in [0.15, 0.2) is 0 Å². The minimum Gasteiger partial charge on any atom is -0.389 e. The monoisotopic (exact) mass is 300 g/mol. The molecule has 1 fully saturated rings. The fourth-order valence-corrected chi connectivity index (χ4v) is 2.68. The molecular formula is C16H32N2O3. The third-order valence-corrected chi connectivity index (χ3v) is 4.07. The van der Waals surface area contributed by atoms with Gasteiger partial charge in [-0.15, -0.1) is 0 Å². The number of rotatable bonds is 7. The van der Waals surface area contributed by atoms with Gasteiger partial charge in [-0.25, -0.2) is 4.79 Å². The molecule has 5 nitrogen and oxygen atoms in total. The number of nitrogens with one attached hydrogen (secondary N) is 2. The van der Waals surface area contributed by atoms with Gasteiger partial charge in [0.1, 0.15) is 0 Å². The van der Waals surface area contributed by atoms with E-state index >= 15 is 0 Å². The molecule has 1 aliphatic rings. The summed E-state index contributed by atoms with van der Waals surface area (Å²) < 4.78 is 5.35. The Morgan fingerprint density at radius 3 is 2.67 bits per heavy atom. The first-order valence-corrected chi connectivity index (χ1v) is 8.11. The van der Waals surface area contributed by atoms with Crippen molar-refractivity contribution in [3.8, 4) is 0 Å². The van der Waals surface area contributed by atoms with E-state index in [4.69, 9.17) is 4.74 Å². The number of aliphatic hydroxyl groups excluding tert-OH is 1. The molecule has 3 N–H and O–H groups in total. The maximum absolute atomic E-state index is 11.9. The molecule has 1 aliphatic carbocycles. The molecule has 2 atom stereocenters. The molecule has 2 amide bonds. The van der Waals surface area contributed by atoms with E-state index < -0.39 is 6.10 Å². The quantitative estimate of drug-likeness (QED) is 0.675. The number of aliphatic hydroxyl groups is 1. The normalized spacial score (nSPS) is 22.9. The summed E-state index contributed by atoms with van der Waals surface area (Å²) in [7, 11) is 0. The van der Waals surface area contributed by atoms with Gasteiger partial charge >= 0.3 is 6.03 Å². The molecule has 0 aromatic carbocycles. The van der Waals surface area contributed by atoms with Crippen molar-refractivity contribution in [1.82, 2.24) is 10.6 Å². The van der Waals surface area contributed by atoms with Crippen molar-refractivity contribution < 1.29 is 14.6 Å². The Balaban J connectivity index is 2.21. The summed E-state index contributed by atoms with van der Waals surface area (Å²) >= 11 is 0. The predicted octanol–water partition coefficient (Wildman–Crippen LogP) is 2.29. The lowest BCUT2D eigenvalue weighted by Crippen LogP contribution is -2.51. The van der Waals surface area contributed by atoms with Gasteiger partial charge in [0, 0.05) is 19.2 Å². The Labute approximate surface area is 128 Å². The van der Waals surface area contributed by atoms with Crippen LogP contribution in [-0.4, -0.2) is 43.0 Å². The molecule has 0 heterocycles. The molecule has 21 heavy (non-hydrogen) atoms. The van der Waals surface area contributed by atoms with Crippen LogP contribution in [0.25, 0.3) is 0 Å². The number of hydrogen-bond donors (Lipinski definition) is 3. The smallest absolute Gasteiger partial charge is 0.315 e. The van der Waals surface area contributed by atoms with Crippen LogP contribution in [0.5, 0.6) is 0 Å². The summed E-state index contributed by atoms with van der Waals surface area (Å²) in [4.78, 5) is 11.9. The van der Waals surface area contributed by atoms with Crippen LogP contribution >= 0.6 is 0 Å². The van der Waals surface area contributed by atoms with E-state index in [9.17, 15) is 9.90 Å². The fourth-order valence-electron chi connectivity index (χ4n) is 2.68. The average Bonchev–Trinajstić information content (AvgIpc) is 2.38. The Morgan fingerprint density at radius 1 is 1.33 bits per heavy atom. The lowest BCUT2D eigenvalue weighted by molar-refractivity contribution is 0.0271. The van der Waals surface area contributed by atoms with Crippen LogP contribution in [0.3, 0.4) is 0 Å². The van der Waals surface area contributed by atoms with E-state index in [1.165, 1.54) is 12.8 Å². The SMILES string of the molecule is CC(C)COCC(O)CNC(=O)NC1CCCCC1(C)C. The first-order valence-electron chi connectivity index (χ1n) is 8.11. The van der Waals surface area contributed by atoms with Crippen LogP contribution in [-0.2, 0) is 4.74 Å². The molecule has 0 saturated heterocycles. The summed E-state index contributed by atoms with van der Waals surface area (Å²) in [5.74, 6) is 0.446. The molecular weight excluding hydrogens is 268 g/mol. The zero-order valence-electron chi connectivity index (χ0n) is 13.9. The van der Waals surface area contributed by atoms with Crippen LogP contribution in [0.1, 0.15) is 53.4 Å². The van der Waals surface area contributed by atoms with Gasteiger partial charge in [-0.2, -0.15) is 0 Å². The first kappa shape index (κ1) is 18.2. The molecule has 0 aliphatic heterocycles. The highest BCUT2D eigenvalue weighted by Crippen LogP contribution is 2.35. The van der Waals surface area contributed by atoms with Gasteiger partial charge < -0.3 is 20.5 Å². The van der Waals surface area contributed by atoms with E-state index in [2.05, 4.69) is 38.3 Å². The fraction of sp³-hybridized carbons (Fsp3) is 0.938. The lowest BCUT2D eigenvalue weighted by Gasteiger charge is -2.39. The molecule has 5 heteroatoms. The number of amides is 2. The molecule has 1 rings (SSSR count). The summed E-state index contributed by atoms with van der Waals surface area (Å²) in [6.45, 7) is 9.62. The zero-order chi connectivity index (χ0) is 15.9. The van der Waals surface area contributed by atoms with Crippen molar-refractivity contribution in [1.29, 1.82) is 0 Å².